The topological polar surface area (TPSA) is 103 Å². The van der Waals surface area contributed by atoms with Gasteiger partial charge in [0.15, 0.2) is 16.6 Å². The van der Waals surface area contributed by atoms with Crippen LogP contribution >= 0.6 is 11.8 Å². The largest absolute Gasteiger partial charge is 0.467 e. The van der Waals surface area contributed by atoms with E-state index in [2.05, 4.69) is 16.5 Å². The van der Waals surface area contributed by atoms with Gasteiger partial charge in [-0.05, 0) is 50.6 Å². The summed E-state index contributed by atoms with van der Waals surface area (Å²) in [6.45, 7) is 7.07. The lowest BCUT2D eigenvalue weighted by Gasteiger charge is -2.14. The maximum Gasteiger partial charge on any atom is 0.233 e. The molecule has 0 fully saturated rings. The van der Waals surface area contributed by atoms with Crippen LogP contribution in [0.25, 0.3) is 16.6 Å². The maximum atomic E-state index is 12.9. The molecule has 5 rings (SSSR count). The van der Waals surface area contributed by atoms with Crippen LogP contribution in [0, 0.1) is 13.8 Å². The molecule has 5 aromatic rings. The first-order valence-electron chi connectivity index (χ1n) is 11.6. The molecule has 0 saturated carbocycles. The minimum absolute atomic E-state index is 0.0677. The molecule has 0 saturated heterocycles. The first kappa shape index (κ1) is 23.1. The van der Waals surface area contributed by atoms with Gasteiger partial charge in [0.2, 0.25) is 5.91 Å². The lowest BCUT2D eigenvalue weighted by molar-refractivity contribution is -0.120. The van der Waals surface area contributed by atoms with Crippen molar-refractivity contribution in [3.05, 3.63) is 71.7 Å². The van der Waals surface area contributed by atoms with Gasteiger partial charge >= 0.3 is 0 Å². The molecule has 0 radical (unpaired) electrons. The fraction of sp³-hybridized carbons (Fsp3) is 0.320. The number of amides is 1. The highest BCUT2D eigenvalue weighted by molar-refractivity contribution is 8.00. The summed E-state index contributed by atoms with van der Waals surface area (Å²) in [6.07, 6.45) is 2.88. The van der Waals surface area contributed by atoms with E-state index in [9.17, 15) is 4.79 Å². The summed E-state index contributed by atoms with van der Waals surface area (Å²) in [7, 11) is 0. The molecule has 180 valence electrons. The van der Waals surface area contributed by atoms with Crippen LogP contribution in [0.4, 0.5) is 0 Å². The first-order chi connectivity index (χ1) is 17.0. The Morgan fingerprint density at radius 1 is 1.14 bits per heavy atom. The van der Waals surface area contributed by atoms with E-state index in [0.717, 1.165) is 27.9 Å². The smallest absolute Gasteiger partial charge is 0.233 e. The van der Waals surface area contributed by atoms with Gasteiger partial charge < -0.3 is 9.73 Å². The van der Waals surface area contributed by atoms with Crippen LogP contribution < -0.4 is 5.32 Å². The zero-order chi connectivity index (χ0) is 24.4. The lowest BCUT2D eigenvalue weighted by atomic mass is 10.2. The predicted octanol–water partition coefficient (Wildman–Crippen LogP) is 4.11. The zero-order valence-corrected chi connectivity index (χ0v) is 20.7. The van der Waals surface area contributed by atoms with E-state index >= 15 is 0 Å². The SMILES string of the molecule is CC[C@H](Sc1nc2ccccc2c2nc(CCn3nc(C)cc3C)nn12)C(=O)NCc1ccco1. The fourth-order valence-electron chi connectivity index (χ4n) is 4.01. The van der Waals surface area contributed by atoms with E-state index in [1.54, 1.807) is 16.8 Å². The molecule has 9 nitrogen and oxygen atoms in total. The number of benzene rings is 1. The van der Waals surface area contributed by atoms with Gasteiger partial charge in [-0.2, -0.15) is 9.61 Å². The third kappa shape index (κ3) is 4.93. The standard InChI is InChI=1S/C25H27N7O2S/c1-4-21(24(33)26-15-18-8-7-13-34-18)35-25-27-20-10-6-5-9-19(20)23-28-22(30-32(23)25)11-12-31-17(3)14-16(2)29-31/h5-10,13-14,21H,4,11-12,15H2,1-3H3,(H,26,33)/t21-/m0/s1. The average Bonchev–Trinajstić information content (AvgIpc) is 3.59. The Morgan fingerprint density at radius 3 is 2.74 bits per heavy atom. The number of carbonyl (C=O) groups excluding carboxylic acids is 1. The Kier molecular flexibility index (Phi) is 6.54. The zero-order valence-electron chi connectivity index (χ0n) is 19.9. The van der Waals surface area contributed by atoms with Crippen molar-refractivity contribution in [2.45, 2.75) is 57.1 Å². The molecule has 4 heterocycles. The number of thioether (sulfide) groups is 1. The van der Waals surface area contributed by atoms with E-state index in [4.69, 9.17) is 19.5 Å². The minimum Gasteiger partial charge on any atom is -0.467 e. The summed E-state index contributed by atoms with van der Waals surface area (Å²) in [5.41, 5.74) is 3.68. The second-order valence-electron chi connectivity index (χ2n) is 8.39. The predicted molar refractivity (Wildman–Crippen MR) is 134 cm³/mol. The number of hydrogen-bond donors (Lipinski definition) is 1. The van der Waals surface area contributed by atoms with Gasteiger partial charge in [-0.1, -0.05) is 30.8 Å². The van der Waals surface area contributed by atoms with Gasteiger partial charge in [-0.25, -0.2) is 9.97 Å². The molecule has 0 spiro atoms. The maximum absolute atomic E-state index is 12.9. The third-order valence-electron chi connectivity index (χ3n) is 5.77. The van der Waals surface area contributed by atoms with Crippen LogP contribution in [-0.2, 0) is 24.3 Å². The van der Waals surface area contributed by atoms with Crippen LogP contribution in [0.2, 0.25) is 0 Å². The molecular formula is C25H27N7O2S. The van der Waals surface area contributed by atoms with Crippen molar-refractivity contribution >= 4 is 34.2 Å². The molecule has 10 heteroatoms. The van der Waals surface area contributed by atoms with Crippen molar-refractivity contribution < 1.29 is 9.21 Å². The van der Waals surface area contributed by atoms with Crippen molar-refractivity contribution in [3.8, 4) is 0 Å². The fourth-order valence-corrected chi connectivity index (χ4v) is 5.00. The minimum atomic E-state index is -0.329. The number of nitrogens with zero attached hydrogens (tertiary/aromatic N) is 6. The number of rotatable bonds is 9. The molecule has 0 aliphatic rings. The van der Waals surface area contributed by atoms with Gasteiger partial charge in [0.1, 0.15) is 5.76 Å². The number of furan rings is 1. The van der Waals surface area contributed by atoms with E-state index < -0.39 is 0 Å². The van der Waals surface area contributed by atoms with Gasteiger partial charge in [0.05, 0.1) is 29.3 Å². The van der Waals surface area contributed by atoms with Crippen molar-refractivity contribution in [2.75, 3.05) is 0 Å². The molecular weight excluding hydrogens is 462 g/mol. The molecule has 4 aromatic heterocycles. The first-order valence-corrected chi connectivity index (χ1v) is 12.5. The molecule has 0 bridgehead atoms. The second-order valence-corrected chi connectivity index (χ2v) is 9.56. The summed E-state index contributed by atoms with van der Waals surface area (Å²) in [6, 6.07) is 13.6. The number of aromatic nitrogens is 6. The van der Waals surface area contributed by atoms with Crippen molar-refractivity contribution in [1.29, 1.82) is 0 Å². The van der Waals surface area contributed by atoms with Gasteiger partial charge in [-0.15, -0.1) is 5.10 Å². The Labute approximate surface area is 206 Å². The number of nitrogens with one attached hydrogen (secondary N) is 1. The lowest BCUT2D eigenvalue weighted by Crippen LogP contribution is -2.32. The van der Waals surface area contributed by atoms with E-state index in [1.807, 2.05) is 55.8 Å². The number of fused-ring (bicyclic) bond motifs is 3. The van der Waals surface area contributed by atoms with Crippen LogP contribution in [0.5, 0.6) is 0 Å². The molecule has 1 aromatic carbocycles. The molecule has 1 amide bonds. The quantitative estimate of drug-likeness (QED) is 0.245. The Hall–Kier alpha value is -3.66. The summed E-state index contributed by atoms with van der Waals surface area (Å²) >= 11 is 1.40. The number of para-hydroxylation sites is 1. The Bertz CT molecular complexity index is 1470. The highest BCUT2D eigenvalue weighted by Gasteiger charge is 2.22. The summed E-state index contributed by atoms with van der Waals surface area (Å²) in [5.74, 6) is 1.36. The summed E-state index contributed by atoms with van der Waals surface area (Å²) in [5, 5.41) is 13.5. The molecule has 0 aliphatic heterocycles. The van der Waals surface area contributed by atoms with Crippen LogP contribution in [0.3, 0.4) is 0 Å². The van der Waals surface area contributed by atoms with Crippen molar-refractivity contribution in [2.24, 2.45) is 0 Å². The molecule has 1 atom stereocenters. The van der Waals surface area contributed by atoms with Crippen LogP contribution in [-0.4, -0.2) is 40.5 Å². The Morgan fingerprint density at radius 2 is 2.00 bits per heavy atom. The number of carbonyl (C=O) groups is 1. The van der Waals surface area contributed by atoms with E-state index in [0.29, 0.717) is 42.7 Å². The molecule has 1 N–H and O–H groups in total. The molecule has 0 unspecified atom stereocenters. The van der Waals surface area contributed by atoms with Gasteiger partial charge in [0.25, 0.3) is 0 Å². The Balaban J connectivity index is 1.42. The van der Waals surface area contributed by atoms with Crippen molar-refractivity contribution in [3.63, 3.8) is 0 Å². The average molecular weight is 490 g/mol. The molecule has 35 heavy (non-hydrogen) atoms. The van der Waals surface area contributed by atoms with Gasteiger partial charge in [0, 0.05) is 24.0 Å². The van der Waals surface area contributed by atoms with Crippen LogP contribution in [0.1, 0.15) is 36.3 Å². The second kappa shape index (κ2) is 9.91. The highest BCUT2D eigenvalue weighted by atomic mass is 32.2. The summed E-state index contributed by atoms with van der Waals surface area (Å²) < 4.78 is 9.07. The highest BCUT2D eigenvalue weighted by Crippen LogP contribution is 2.28. The van der Waals surface area contributed by atoms with E-state index in [1.165, 1.54) is 11.8 Å². The number of aryl methyl sites for hydroxylation is 4. The monoisotopic (exact) mass is 489 g/mol. The van der Waals surface area contributed by atoms with E-state index in [-0.39, 0.29) is 11.2 Å². The third-order valence-corrected chi connectivity index (χ3v) is 7.08. The summed E-state index contributed by atoms with van der Waals surface area (Å²) in [4.78, 5) is 22.6. The van der Waals surface area contributed by atoms with Crippen molar-refractivity contribution in [1.82, 2.24) is 34.7 Å². The number of hydrogen-bond acceptors (Lipinski definition) is 7. The molecule has 0 aliphatic carbocycles. The van der Waals surface area contributed by atoms with Gasteiger partial charge in [-0.3, -0.25) is 9.48 Å². The normalized spacial score (nSPS) is 12.4. The van der Waals surface area contributed by atoms with Crippen LogP contribution in [0.15, 0.2) is 58.3 Å².